The molecule has 2 aromatic carbocycles. The molecule has 0 fully saturated rings. The van der Waals surface area contributed by atoms with Crippen molar-refractivity contribution < 1.29 is 13.2 Å². The number of halogens is 1. The molecule has 0 aliphatic heterocycles. The average molecular weight is 409 g/mol. The fourth-order valence-corrected chi connectivity index (χ4v) is 4.01. The van der Waals surface area contributed by atoms with Crippen LogP contribution in [0.1, 0.15) is 36.1 Å². The third kappa shape index (κ3) is 5.71. The fourth-order valence-electron chi connectivity index (χ4n) is 2.87. The number of hydrogen-bond acceptors (Lipinski definition) is 3. The lowest BCUT2D eigenvalue weighted by Gasteiger charge is -2.25. The Morgan fingerprint density at radius 1 is 1.15 bits per heavy atom. The molecule has 0 aliphatic carbocycles. The van der Waals surface area contributed by atoms with E-state index in [1.165, 1.54) is 0 Å². The summed E-state index contributed by atoms with van der Waals surface area (Å²) in [7, 11) is -3.63. The molecule has 0 aliphatic rings. The normalized spacial score (nSPS) is 12.5. The van der Waals surface area contributed by atoms with Gasteiger partial charge in [-0.1, -0.05) is 48.4 Å². The van der Waals surface area contributed by atoms with E-state index < -0.39 is 10.0 Å². The molecule has 0 radical (unpaired) electrons. The van der Waals surface area contributed by atoms with E-state index in [1.54, 1.807) is 25.1 Å². The van der Waals surface area contributed by atoms with Gasteiger partial charge in [0.25, 0.3) is 0 Å². The van der Waals surface area contributed by atoms with Crippen LogP contribution >= 0.6 is 11.6 Å². The first-order valence-corrected chi connectivity index (χ1v) is 10.9. The highest BCUT2D eigenvalue weighted by Gasteiger charge is 2.23. The number of anilines is 1. The van der Waals surface area contributed by atoms with Crippen molar-refractivity contribution in [2.75, 3.05) is 17.1 Å². The number of nitrogens with one attached hydrogen (secondary N) is 1. The van der Waals surface area contributed by atoms with E-state index in [1.807, 2.05) is 38.1 Å². The zero-order valence-corrected chi connectivity index (χ0v) is 17.6. The van der Waals surface area contributed by atoms with Crippen molar-refractivity contribution in [2.24, 2.45) is 0 Å². The molecule has 1 amide bonds. The fraction of sp³-hybridized carbons (Fsp3) is 0.350. The second-order valence-electron chi connectivity index (χ2n) is 6.64. The van der Waals surface area contributed by atoms with Crippen molar-refractivity contribution in [1.29, 1.82) is 0 Å². The molecule has 2 aromatic rings. The molecular weight excluding hydrogens is 384 g/mol. The first-order chi connectivity index (χ1) is 12.6. The van der Waals surface area contributed by atoms with Gasteiger partial charge in [0, 0.05) is 5.02 Å². The van der Waals surface area contributed by atoms with Gasteiger partial charge < -0.3 is 5.32 Å². The van der Waals surface area contributed by atoms with Crippen LogP contribution in [0.4, 0.5) is 5.69 Å². The molecule has 7 heteroatoms. The van der Waals surface area contributed by atoms with Crippen molar-refractivity contribution in [3.05, 3.63) is 64.2 Å². The van der Waals surface area contributed by atoms with Crippen molar-refractivity contribution >= 4 is 33.2 Å². The maximum Gasteiger partial charge on any atom is 0.241 e. The Bertz CT molecular complexity index is 911. The van der Waals surface area contributed by atoms with Gasteiger partial charge in [-0.25, -0.2) is 8.42 Å². The summed E-state index contributed by atoms with van der Waals surface area (Å²) in [6.45, 7) is 5.45. The average Bonchev–Trinajstić information content (AvgIpc) is 2.58. The summed E-state index contributed by atoms with van der Waals surface area (Å²) in [6, 6.07) is 12.7. The Kier molecular flexibility index (Phi) is 6.89. The molecule has 0 heterocycles. The molecule has 0 spiro atoms. The topological polar surface area (TPSA) is 66.5 Å². The van der Waals surface area contributed by atoms with Gasteiger partial charge in [-0.15, -0.1) is 0 Å². The highest BCUT2D eigenvalue weighted by atomic mass is 35.5. The minimum atomic E-state index is -3.63. The van der Waals surface area contributed by atoms with Crippen LogP contribution in [-0.2, 0) is 14.8 Å². The van der Waals surface area contributed by atoms with Crippen LogP contribution in [0.25, 0.3) is 0 Å². The van der Waals surface area contributed by atoms with Gasteiger partial charge >= 0.3 is 0 Å². The van der Waals surface area contributed by atoms with Crippen LogP contribution in [0.15, 0.2) is 42.5 Å². The number of carbonyl (C=O) groups excluding carboxylic acids is 1. The number of amides is 1. The van der Waals surface area contributed by atoms with E-state index in [0.717, 1.165) is 21.7 Å². The zero-order chi connectivity index (χ0) is 20.2. The molecule has 146 valence electrons. The van der Waals surface area contributed by atoms with Gasteiger partial charge in [-0.05, 0) is 49.6 Å². The largest absolute Gasteiger partial charge is 0.348 e. The van der Waals surface area contributed by atoms with Gasteiger partial charge in [0.15, 0.2) is 0 Å². The lowest BCUT2D eigenvalue weighted by Crippen LogP contribution is -2.41. The minimum Gasteiger partial charge on any atom is -0.348 e. The Morgan fingerprint density at radius 2 is 1.78 bits per heavy atom. The number of sulfonamides is 1. The maximum absolute atomic E-state index is 12.6. The number of hydrogen-bond donors (Lipinski definition) is 1. The summed E-state index contributed by atoms with van der Waals surface area (Å²) in [5.74, 6) is -0.359. The Balaban J connectivity index is 2.22. The number of rotatable bonds is 7. The first-order valence-electron chi connectivity index (χ1n) is 8.71. The van der Waals surface area contributed by atoms with Crippen LogP contribution in [0, 0.1) is 13.8 Å². The van der Waals surface area contributed by atoms with Crippen molar-refractivity contribution in [3.8, 4) is 0 Å². The molecule has 2 rings (SSSR count). The van der Waals surface area contributed by atoms with Crippen molar-refractivity contribution in [3.63, 3.8) is 0 Å². The molecule has 0 bridgehead atoms. The highest BCUT2D eigenvalue weighted by molar-refractivity contribution is 7.92. The van der Waals surface area contributed by atoms with Gasteiger partial charge in [0.05, 0.1) is 18.0 Å². The zero-order valence-electron chi connectivity index (χ0n) is 16.0. The van der Waals surface area contributed by atoms with Gasteiger partial charge in [0.1, 0.15) is 6.54 Å². The lowest BCUT2D eigenvalue weighted by molar-refractivity contribution is -0.120. The van der Waals surface area contributed by atoms with Crippen molar-refractivity contribution in [2.45, 2.75) is 33.2 Å². The molecule has 27 heavy (non-hydrogen) atoms. The third-order valence-electron chi connectivity index (χ3n) is 4.34. The minimum absolute atomic E-state index is 0.175. The monoisotopic (exact) mass is 408 g/mol. The van der Waals surface area contributed by atoms with Crippen LogP contribution in [0.2, 0.25) is 5.02 Å². The van der Waals surface area contributed by atoms with Gasteiger partial charge in [-0.3, -0.25) is 9.10 Å². The van der Waals surface area contributed by atoms with E-state index in [2.05, 4.69) is 5.32 Å². The summed E-state index contributed by atoms with van der Waals surface area (Å²) >= 11 is 5.96. The predicted molar refractivity (Wildman–Crippen MR) is 111 cm³/mol. The Morgan fingerprint density at radius 3 is 2.30 bits per heavy atom. The van der Waals surface area contributed by atoms with E-state index in [9.17, 15) is 13.2 Å². The van der Waals surface area contributed by atoms with E-state index in [4.69, 9.17) is 11.6 Å². The quantitative estimate of drug-likeness (QED) is 0.753. The van der Waals surface area contributed by atoms with Crippen LogP contribution in [0.3, 0.4) is 0 Å². The van der Waals surface area contributed by atoms with E-state index >= 15 is 0 Å². The molecular formula is C20H25ClN2O3S. The second-order valence-corrected chi connectivity index (χ2v) is 8.98. The summed E-state index contributed by atoms with van der Waals surface area (Å²) in [5.41, 5.74) is 3.26. The standard InChI is InChI=1S/C20H25ClN2O3S/c1-5-18(16-8-6-14(2)7-9-16)22-20(24)13-23(27(4,25)26)19-11-10-17(21)12-15(19)3/h6-12,18H,5,13H2,1-4H3,(H,22,24)/t18-/m1/s1. The summed E-state index contributed by atoms with van der Waals surface area (Å²) in [4.78, 5) is 12.6. The highest BCUT2D eigenvalue weighted by Crippen LogP contribution is 2.25. The number of aryl methyl sites for hydroxylation is 2. The third-order valence-corrected chi connectivity index (χ3v) is 5.70. The number of benzene rings is 2. The van der Waals surface area contributed by atoms with E-state index in [-0.39, 0.29) is 18.5 Å². The molecule has 1 atom stereocenters. The van der Waals surface area contributed by atoms with Crippen LogP contribution in [-0.4, -0.2) is 27.1 Å². The molecule has 5 nitrogen and oxygen atoms in total. The molecule has 0 aromatic heterocycles. The predicted octanol–water partition coefficient (Wildman–Crippen LogP) is 3.99. The Labute approximate surface area is 166 Å². The van der Waals surface area contributed by atoms with Crippen LogP contribution < -0.4 is 9.62 Å². The molecule has 0 saturated heterocycles. The lowest BCUT2D eigenvalue weighted by atomic mass is 10.0. The number of nitrogens with zero attached hydrogens (tertiary/aromatic N) is 1. The van der Waals surface area contributed by atoms with E-state index in [0.29, 0.717) is 22.7 Å². The SMILES string of the molecule is CC[C@@H](NC(=O)CN(c1ccc(Cl)cc1C)S(C)(=O)=O)c1ccc(C)cc1. The van der Waals surface area contributed by atoms with Gasteiger partial charge in [-0.2, -0.15) is 0 Å². The van der Waals surface area contributed by atoms with Crippen LogP contribution in [0.5, 0.6) is 0 Å². The maximum atomic E-state index is 12.6. The van der Waals surface area contributed by atoms with Crippen molar-refractivity contribution in [1.82, 2.24) is 5.32 Å². The first kappa shape index (κ1) is 21.3. The molecule has 0 saturated carbocycles. The molecule has 0 unspecified atom stereocenters. The molecule has 1 N–H and O–H groups in total. The Hall–Kier alpha value is -2.05. The summed E-state index contributed by atoms with van der Waals surface area (Å²) in [6.07, 6.45) is 1.79. The summed E-state index contributed by atoms with van der Waals surface area (Å²) < 4.78 is 25.7. The van der Waals surface area contributed by atoms with Gasteiger partial charge in [0.2, 0.25) is 15.9 Å². The second kappa shape index (κ2) is 8.76. The smallest absolute Gasteiger partial charge is 0.241 e. The summed E-state index contributed by atoms with van der Waals surface area (Å²) in [5, 5.41) is 3.45. The number of carbonyl (C=O) groups is 1.